The smallest absolute Gasteiger partial charge is 0.256 e. The molecule has 1 amide bonds. The Bertz CT molecular complexity index is 928. The number of rotatable bonds is 5. The number of carbonyl (C=O) groups excluding carboxylic acids is 1. The van der Waals surface area contributed by atoms with E-state index in [1.807, 2.05) is 0 Å². The van der Waals surface area contributed by atoms with Gasteiger partial charge in [0.25, 0.3) is 5.91 Å². The summed E-state index contributed by atoms with van der Waals surface area (Å²) in [5.74, 6) is -0.710. The van der Waals surface area contributed by atoms with Gasteiger partial charge in [-0.3, -0.25) is 4.79 Å². The van der Waals surface area contributed by atoms with Crippen molar-refractivity contribution >= 4 is 31.9 Å². The molecule has 1 fully saturated rings. The molecule has 1 N–H and O–H groups in total. The van der Waals surface area contributed by atoms with Gasteiger partial charge in [-0.25, -0.2) is 17.5 Å². The molecule has 1 heterocycles. The second-order valence-corrected chi connectivity index (χ2v) is 9.09. The van der Waals surface area contributed by atoms with E-state index < -0.39 is 15.8 Å². The Labute approximate surface area is 166 Å². The molecule has 0 unspecified atom stereocenters. The standard InChI is InChI=1S/C19H20BrFN2O3S/c20-16-6-2-4-8-18(16)27(25,26)22-13-14-9-11-23(12-10-14)19(24)15-5-1-3-7-17(15)21/h1-8,14,22H,9-13H2. The molecule has 0 aromatic heterocycles. The number of carbonyl (C=O) groups is 1. The number of halogens is 2. The Hall–Kier alpha value is -1.77. The molecule has 144 valence electrons. The summed E-state index contributed by atoms with van der Waals surface area (Å²) in [4.78, 5) is 14.3. The number of nitrogens with zero attached hydrogens (tertiary/aromatic N) is 1. The van der Waals surface area contributed by atoms with Gasteiger partial charge in [0, 0.05) is 24.1 Å². The molecule has 0 spiro atoms. The summed E-state index contributed by atoms with van der Waals surface area (Å²) in [5, 5.41) is 0. The number of piperidine rings is 1. The Morgan fingerprint density at radius 1 is 1.11 bits per heavy atom. The fourth-order valence-corrected chi connectivity index (χ4v) is 5.23. The lowest BCUT2D eigenvalue weighted by molar-refractivity contribution is 0.0687. The van der Waals surface area contributed by atoms with Gasteiger partial charge in [-0.1, -0.05) is 24.3 Å². The molecule has 0 saturated carbocycles. The second-order valence-electron chi connectivity index (χ2n) is 6.50. The number of likely N-dealkylation sites (tertiary alicyclic amines) is 1. The van der Waals surface area contributed by atoms with Crippen LogP contribution in [0.25, 0.3) is 0 Å². The van der Waals surface area contributed by atoms with Crippen molar-refractivity contribution in [1.29, 1.82) is 0 Å². The quantitative estimate of drug-likeness (QED) is 0.752. The third-order valence-corrected chi connectivity index (χ3v) is 7.13. The molecule has 2 aromatic rings. The minimum absolute atomic E-state index is 0.0746. The maximum absolute atomic E-state index is 13.8. The van der Waals surface area contributed by atoms with Crippen LogP contribution in [0, 0.1) is 11.7 Å². The summed E-state index contributed by atoms with van der Waals surface area (Å²) in [6.45, 7) is 1.27. The molecule has 3 rings (SSSR count). The van der Waals surface area contributed by atoms with Gasteiger partial charge in [0.15, 0.2) is 0 Å². The van der Waals surface area contributed by atoms with E-state index in [0.29, 0.717) is 36.9 Å². The largest absolute Gasteiger partial charge is 0.339 e. The van der Waals surface area contributed by atoms with Gasteiger partial charge >= 0.3 is 0 Å². The zero-order valence-electron chi connectivity index (χ0n) is 14.6. The number of sulfonamides is 1. The summed E-state index contributed by atoms with van der Waals surface area (Å²) in [6, 6.07) is 12.6. The fraction of sp³-hybridized carbons (Fsp3) is 0.316. The Morgan fingerprint density at radius 2 is 1.74 bits per heavy atom. The average molecular weight is 455 g/mol. The van der Waals surface area contributed by atoms with Crippen LogP contribution in [0.5, 0.6) is 0 Å². The van der Waals surface area contributed by atoms with Gasteiger partial charge in [0.2, 0.25) is 10.0 Å². The van der Waals surface area contributed by atoms with Crippen molar-refractivity contribution in [2.75, 3.05) is 19.6 Å². The zero-order valence-corrected chi connectivity index (χ0v) is 17.0. The molecule has 8 heteroatoms. The highest BCUT2D eigenvalue weighted by atomic mass is 79.9. The molecule has 27 heavy (non-hydrogen) atoms. The first kappa shape index (κ1) is 20.0. The van der Waals surface area contributed by atoms with Crippen molar-refractivity contribution in [1.82, 2.24) is 9.62 Å². The lowest BCUT2D eigenvalue weighted by Gasteiger charge is -2.32. The third kappa shape index (κ3) is 4.75. The summed E-state index contributed by atoms with van der Waals surface area (Å²) < 4.78 is 41.8. The highest BCUT2D eigenvalue weighted by Gasteiger charge is 2.26. The highest BCUT2D eigenvalue weighted by Crippen LogP contribution is 2.23. The van der Waals surface area contributed by atoms with E-state index in [9.17, 15) is 17.6 Å². The van der Waals surface area contributed by atoms with Gasteiger partial charge in [0.1, 0.15) is 5.82 Å². The number of amides is 1. The Kier molecular flexibility index (Phi) is 6.29. The van der Waals surface area contributed by atoms with Gasteiger partial charge in [-0.15, -0.1) is 0 Å². The van der Waals surface area contributed by atoms with Crippen LogP contribution in [0.1, 0.15) is 23.2 Å². The van der Waals surface area contributed by atoms with Crippen molar-refractivity contribution in [3.8, 4) is 0 Å². The van der Waals surface area contributed by atoms with Crippen LogP contribution in [0.4, 0.5) is 4.39 Å². The van der Waals surface area contributed by atoms with Crippen LogP contribution in [0.3, 0.4) is 0 Å². The van der Waals surface area contributed by atoms with E-state index in [1.54, 1.807) is 41.3 Å². The maximum atomic E-state index is 13.8. The fourth-order valence-electron chi connectivity index (χ4n) is 3.11. The van der Waals surface area contributed by atoms with Crippen LogP contribution in [0.15, 0.2) is 57.9 Å². The molecule has 0 aliphatic carbocycles. The van der Waals surface area contributed by atoms with E-state index in [4.69, 9.17) is 0 Å². The Balaban J connectivity index is 1.55. The van der Waals surface area contributed by atoms with Crippen LogP contribution in [-0.2, 0) is 10.0 Å². The predicted molar refractivity (Wildman–Crippen MR) is 104 cm³/mol. The summed E-state index contributed by atoms with van der Waals surface area (Å²) in [6.07, 6.45) is 1.33. The predicted octanol–water partition coefficient (Wildman–Crippen LogP) is 3.42. The second kappa shape index (κ2) is 8.50. The van der Waals surface area contributed by atoms with Crippen LogP contribution < -0.4 is 4.72 Å². The van der Waals surface area contributed by atoms with Crippen molar-refractivity contribution in [3.63, 3.8) is 0 Å². The van der Waals surface area contributed by atoms with Crippen molar-refractivity contribution in [3.05, 3.63) is 64.4 Å². The third-order valence-electron chi connectivity index (χ3n) is 4.69. The van der Waals surface area contributed by atoms with E-state index in [2.05, 4.69) is 20.7 Å². The maximum Gasteiger partial charge on any atom is 0.256 e. The molecule has 2 aromatic carbocycles. The van der Waals surface area contributed by atoms with E-state index in [1.165, 1.54) is 12.1 Å². The molecule has 0 bridgehead atoms. The monoisotopic (exact) mass is 454 g/mol. The molecule has 0 radical (unpaired) electrons. The van der Waals surface area contributed by atoms with Gasteiger partial charge in [0.05, 0.1) is 10.5 Å². The van der Waals surface area contributed by atoms with E-state index >= 15 is 0 Å². The van der Waals surface area contributed by atoms with E-state index in [0.717, 1.165) is 0 Å². The first-order chi connectivity index (χ1) is 12.9. The Morgan fingerprint density at radius 3 is 2.41 bits per heavy atom. The summed E-state index contributed by atoms with van der Waals surface area (Å²) in [5.41, 5.74) is 0.0746. The molecule has 5 nitrogen and oxygen atoms in total. The molecule has 1 aliphatic rings. The number of benzene rings is 2. The van der Waals surface area contributed by atoms with Crippen molar-refractivity contribution < 1.29 is 17.6 Å². The van der Waals surface area contributed by atoms with Crippen molar-refractivity contribution in [2.45, 2.75) is 17.7 Å². The number of hydrogen-bond donors (Lipinski definition) is 1. The topological polar surface area (TPSA) is 66.5 Å². The molecule has 1 aliphatic heterocycles. The molecule has 1 saturated heterocycles. The summed E-state index contributed by atoms with van der Waals surface area (Å²) in [7, 11) is -3.60. The van der Waals surface area contributed by atoms with Crippen LogP contribution >= 0.6 is 15.9 Å². The first-order valence-electron chi connectivity index (χ1n) is 8.66. The lowest BCUT2D eigenvalue weighted by atomic mass is 9.96. The summed E-state index contributed by atoms with van der Waals surface area (Å²) >= 11 is 3.26. The molecular formula is C19H20BrFN2O3S. The lowest BCUT2D eigenvalue weighted by Crippen LogP contribution is -2.41. The molecule has 0 atom stereocenters. The van der Waals surface area contributed by atoms with Crippen LogP contribution in [-0.4, -0.2) is 38.9 Å². The van der Waals surface area contributed by atoms with Gasteiger partial charge < -0.3 is 4.90 Å². The minimum Gasteiger partial charge on any atom is -0.339 e. The van der Waals surface area contributed by atoms with Gasteiger partial charge in [-0.2, -0.15) is 0 Å². The zero-order chi connectivity index (χ0) is 19.4. The van der Waals surface area contributed by atoms with Gasteiger partial charge in [-0.05, 0) is 59.0 Å². The van der Waals surface area contributed by atoms with E-state index in [-0.39, 0.29) is 22.3 Å². The molecular weight excluding hydrogens is 435 g/mol. The van der Waals surface area contributed by atoms with Crippen molar-refractivity contribution in [2.24, 2.45) is 5.92 Å². The SMILES string of the molecule is O=C(c1ccccc1F)N1CCC(CNS(=O)(=O)c2ccccc2Br)CC1. The minimum atomic E-state index is -3.60. The first-order valence-corrected chi connectivity index (χ1v) is 10.9. The average Bonchev–Trinajstić information content (AvgIpc) is 2.67. The normalized spacial score (nSPS) is 15.7. The highest BCUT2D eigenvalue weighted by molar-refractivity contribution is 9.10. The number of nitrogens with one attached hydrogen (secondary N) is 1. The van der Waals surface area contributed by atoms with Crippen LogP contribution in [0.2, 0.25) is 0 Å². The number of hydrogen-bond acceptors (Lipinski definition) is 3.